The van der Waals surface area contributed by atoms with E-state index in [9.17, 15) is 0 Å². The number of likely N-dealkylation sites (tertiary alicyclic amines) is 1. The molecule has 2 aliphatic heterocycles. The second-order valence-electron chi connectivity index (χ2n) is 5.60. The summed E-state index contributed by atoms with van der Waals surface area (Å²) in [6.07, 6.45) is 1.74. The van der Waals surface area contributed by atoms with E-state index < -0.39 is 0 Å². The van der Waals surface area contributed by atoms with Gasteiger partial charge < -0.3 is 9.84 Å². The fraction of sp³-hybridized carbons (Fsp3) is 0.500. The minimum atomic E-state index is 0.571. The average molecular weight is 271 g/mol. The first-order valence-corrected chi connectivity index (χ1v) is 7.05. The molecular formula is C14H17N5O. The third kappa shape index (κ3) is 2.21. The zero-order chi connectivity index (χ0) is 13.4. The summed E-state index contributed by atoms with van der Waals surface area (Å²) in [6.45, 7) is 5.28. The summed E-state index contributed by atoms with van der Waals surface area (Å²) < 4.78 is 5.34. The molecule has 0 aliphatic carbocycles. The maximum atomic E-state index is 5.34. The van der Waals surface area contributed by atoms with Gasteiger partial charge >= 0.3 is 0 Å². The van der Waals surface area contributed by atoms with Gasteiger partial charge in [0.05, 0.1) is 6.54 Å². The lowest BCUT2D eigenvalue weighted by molar-refractivity contribution is 0.253. The minimum Gasteiger partial charge on any atom is -0.337 e. The number of pyridine rings is 1. The molecule has 0 bridgehead atoms. The van der Waals surface area contributed by atoms with Gasteiger partial charge in [-0.3, -0.25) is 9.88 Å². The number of nitrogens with zero attached hydrogens (tertiary/aromatic N) is 4. The molecule has 0 amide bonds. The first kappa shape index (κ1) is 12.0. The number of hydrogen-bond acceptors (Lipinski definition) is 6. The molecule has 1 N–H and O–H groups in total. The van der Waals surface area contributed by atoms with Crippen LogP contribution in [0.2, 0.25) is 0 Å². The molecule has 0 spiro atoms. The van der Waals surface area contributed by atoms with Gasteiger partial charge in [0.15, 0.2) is 0 Å². The van der Waals surface area contributed by atoms with E-state index in [0.29, 0.717) is 11.7 Å². The van der Waals surface area contributed by atoms with Crippen molar-refractivity contribution in [3.05, 3.63) is 30.3 Å². The summed E-state index contributed by atoms with van der Waals surface area (Å²) in [7, 11) is 0. The molecule has 0 unspecified atom stereocenters. The van der Waals surface area contributed by atoms with Crippen LogP contribution in [-0.2, 0) is 6.54 Å². The topological polar surface area (TPSA) is 67.1 Å². The summed E-state index contributed by atoms with van der Waals surface area (Å²) in [4.78, 5) is 11.1. The van der Waals surface area contributed by atoms with Gasteiger partial charge in [-0.25, -0.2) is 0 Å². The van der Waals surface area contributed by atoms with Crippen LogP contribution >= 0.6 is 0 Å². The van der Waals surface area contributed by atoms with Gasteiger partial charge in [0, 0.05) is 19.3 Å². The molecule has 2 aromatic heterocycles. The van der Waals surface area contributed by atoms with Gasteiger partial charge in [0.1, 0.15) is 5.69 Å². The SMILES string of the molecule is c1ccc(-c2noc(CN3C[C@H]4CNC[C@H]4C3)n2)nc1. The van der Waals surface area contributed by atoms with Crippen LogP contribution in [0.25, 0.3) is 11.5 Å². The van der Waals surface area contributed by atoms with E-state index in [-0.39, 0.29) is 0 Å². The van der Waals surface area contributed by atoms with E-state index in [1.54, 1.807) is 6.20 Å². The van der Waals surface area contributed by atoms with Crippen molar-refractivity contribution in [2.24, 2.45) is 11.8 Å². The maximum Gasteiger partial charge on any atom is 0.241 e. The highest BCUT2D eigenvalue weighted by Gasteiger charge is 2.36. The van der Waals surface area contributed by atoms with Gasteiger partial charge in [0.2, 0.25) is 11.7 Å². The van der Waals surface area contributed by atoms with Crippen molar-refractivity contribution in [3.63, 3.8) is 0 Å². The Kier molecular flexibility index (Phi) is 2.97. The predicted molar refractivity (Wildman–Crippen MR) is 72.7 cm³/mol. The first-order valence-electron chi connectivity index (χ1n) is 7.05. The Morgan fingerprint density at radius 2 is 2.10 bits per heavy atom. The first-order chi connectivity index (χ1) is 9.88. The minimum absolute atomic E-state index is 0.571. The molecule has 2 aromatic rings. The molecule has 2 atom stereocenters. The second kappa shape index (κ2) is 4.96. The van der Waals surface area contributed by atoms with Crippen molar-refractivity contribution in [2.45, 2.75) is 6.54 Å². The van der Waals surface area contributed by atoms with E-state index in [4.69, 9.17) is 4.52 Å². The van der Waals surface area contributed by atoms with Crippen molar-refractivity contribution in [2.75, 3.05) is 26.2 Å². The molecule has 4 rings (SSSR count). The second-order valence-corrected chi connectivity index (χ2v) is 5.60. The average Bonchev–Trinajstić information content (AvgIpc) is 3.16. The Balaban J connectivity index is 1.44. The highest BCUT2D eigenvalue weighted by Crippen LogP contribution is 2.27. The molecule has 20 heavy (non-hydrogen) atoms. The van der Waals surface area contributed by atoms with E-state index in [1.807, 2.05) is 18.2 Å². The van der Waals surface area contributed by atoms with Gasteiger partial charge in [-0.15, -0.1) is 0 Å². The Bertz CT molecular complexity index is 572. The van der Waals surface area contributed by atoms with Crippen molar-refractivity contribution in [3.8, 4) is 11.5 Å². The van der Waals surface area contributed by atoms with Crippen LogP contribution in [0, 0.1) is 11.8 Å². The molecule has 0 radical (unpaired) electrons. The van der Waals surface area contributed by atoms with Crippen LogP contribution in [0.5, 0.6) is 0 Å². The Morgan fingerprint density at radius 1 is 1.25 bits per heavy atom. The Labute approximate surface area is 117 Å². The maximum absolute atomic E-state index is 5.34. The van der Waals surface area contributed by atoms with Crippen LogP contribution in [0.3, 0.4) is 0 Å². The van der Waals surface area contributed by atoms with Gasteiger partial charge in [-0.1, -0.05) is 11.2 Å². The van der Waals surface area contributed by atoms with Crippen LogP contribution in [0.4, 0.5) is 0 Å². The van der Waals surface area contributed by atoms with Crippen molar-refractivity contribution in [1.29, 1.82) is 0 Å². The van der Waals surface area contributed by atoms with Gasteiger partial charge in [0.25, 0.3) is 0 Å². The molecular weight excluding hydrogens is 254 g/mol. The molecule has 6 nitrogen and oxygen atoms in total. The molecule has 104 valence electrons. The largest absolute Gasteiger partial charge is 0.337 e. The number of hydrogen-bond donors (Lipinski definition) is 1. The third-order valence-corrected chi connectivity index (χ3v) is 4.19. The summed E-state index contributed by atoms with van der Waals surface area (Å²) in [5, 5.41) is 7.46. The Hall–Kier alpha value is -1.79. The lowest BCUT2D eigenvalue weighted by atomic mass is 10.0. The monoisotopic (exact) mass is 271 g/mol. The molecule has 0 aromatic carbocycles. The molecule has 2 aliphatic rings. The zero-order valence-corrected chi connectivity index (χ0v) is 11.2. The normalized spacial score (nSPS) is 26.0. The van der Waals surface area contributed by atoms with Crippen molar-refractivity contribution in [1.82, 2.24) is 25.3 Å². The zero-order valence-electron chi connectivity index (χ0n) is 11.2. The smallest absolute Gasteiger partial charge is 0.241 e. The quantitative estimate of drug-likeness (QED) is 0.890. The molecule has 6 heteroatoms. The predicted octanol–water partition coefficient (Wildman–Crippen LogP) is 0.783. The van der Waals surface area contributed by atoms with Crippen LogP contribution in [0.15, 0.2) is 28.9 Å². The lowest BCUT2D eigenvalue weighted by Gasteiger charge is -2.13. The van der Waals surface area contributed by atoms with E-state index in [1.165, 1.54) is 0 Å². The molecule has 2 fully saturated rings. The van der Waals surface area contributed by atoms with Crippen molar-refractivity contribution < 1.29 is 4.52 Å². The van der Waals surface area contributed by atoms with Gasteiger partial charge in [-0.2, -0.15) is 4.98 Å². The Morgan fingerprint density at radius 3 is 2.85 bits per heavy atom. The lowest BCUT2D eigenvalue weighted by Crippen LogP contribution is -2.25. The van der Waals surface area contributed by atoms with Crippen LogP contribution < -0.4 is 5.32 Å². The fourth-order valence-electron chi connectivity index (χ4n) is 3.19. The van der Waals surface area contributed by atoms with Crippen LogP contribution in [0.1, 0.15) is 5.89 Å². The highest BCUT2D eigenvalue weighted by atomic mass is 16.5. The van der Waals surface area contributed by atoms with E-state index in [0.717, 1.165) is 50.3 Å². The standard InChI is InChI=1S/C14H17N5O/c1-2-4-16-12(3-1)14-17-13(20-18-14)9-19-7-10-5-15-6-11(10)8-19/h1-4,10-11,15H,5-9H2/t10-,11+. The van der Waals surface area contributed by atoms with Gasteiger partial charge in [-0.05, 0) is 37.1 Å². The number of fused-ring (bicyclic) bond motifs is 1. The number of rotatable bonds is 3. The molecule has 0 saturated carbocycles. The van der Waals surface area contributed by atoms with E-state index >= 15 is 0 Å². The van der Waals surface area contributed by atoms with Crippen molar-refractivity contribution >= 4 is 0 Å². The van der Waals surface area contributed by atoms with Crippen LogP contribution in [-0.4, -0.2) is 46.2 Å². The number of nitrogens with one attached hydrogen (secondary N) is 1. The highest BCUT2D eigenvalue weighted by molar-refractivity contribution is 5.46. The number of aromatic nitrogens is 3. The van der Waals surface area contributed by atoms with E-state index in [2.05, 4.69) is 25.3 Å². The molecule has 4 heterocycles. The summed E-state index contributed by atoms with van der Waals surface area (Å²) >= 11 is 0. The fourth-order valence-corrected chi connectivity index (χ4v) is 3.19. The summed E-state index contributed by atoms with van der Waals surface area (Å²) in [5.74, 6) is 2.82. The molecule has 2 saturated heterocycles. The summed E-state index contributed by atoms with van der Waals surface area (Å²) in [6, 6.07) is 5.69. The summed E-state index contributed by atoms with van der Waals surface area (Å²) in [5.41, 5.74) is 0.755. The third-order valence-electron chi connectivity index (χ3n) is 4.19.